The fraction of sp³-hybridized carbons (Fsp3) is 0.667. The topological polar surface area (TPSA) is 95.5 Å². The Morgan fingerprint density at radius 1 is 1.67 bits per heavy atom. The van der Waals surface area contributed by atoms with Gasteiger partial charge in [0.25, 0.3) is 0 Å². The monoisotopic (exact) mass is 214 g/mol. The molecular formula is C9H14N2O4. The minimum Gasteiger partial charge on any atom is -0.481 e. The van der Waals surface area contributed by atoms with Gasteiger partial charge in [-0.15, -0.1) is 0 Å². The molecule has 0 radical (unpaired) electrons. The van der Waals surface area contributed by atoms with Gasteiger partial charge in [0.15, 0.2) is 0 Å². The molecule has 2 atom stereocenters. The lowest BCUT2D eigenvalue weighted by atomic mass is 10.1. The molecule has 15 heavy (non-hydrogen) atoms. The van der Waals surface area contributed by atoms with Gasteiger partial charge in [-0.1, -0.05) is 0 Å². The summed E-state index contributed by atoms with van der Waals surface area (Å²) in [5.74, 6) is -2.76. The molecule has 1 saturated heterocycles. The number of carbonyl (C=O) groups is 3. The highest BCUT2D eigenvalue weighted by molar-refractivity contribution is 5.96. The summed E-state index contributed by atoms with van der Waals surface area (Å²) in [6, 6.07) is -0.0672. The molecule has 6 heteroatoms. The van der Waals surface area contributed by atoms with Gasteiger partial charge in [0.1, 0.15) is 5.92 Å². The molecule has 0 aromatic rings. The van der Waals surface area contributed by atoms with Gasteiger partial charge in [0.05, 0.1) is 0 Å². The quantitative estimate of drug-likeness (QED) is 0.528. The summed E-state index contributed by atoms with van der Waals surface area (Å²) in [6.07, 6.45) is 1.15. The van der Waals surface area contributed by atoms with Crippen molar-refractivity contribution in [3.05, 3.63) is 0 Å². The highest BCUT2D eigenvalue weighted by Crippen LogP contribution is 2.05. The molecule has 0 aliphatic carbocycles. The summed E-state index contributed by atoms with van der Waals surface area (Å²) < 4.78 is 0. The van der Waals surface area contributed by atoms with Crippen molar-refractivity contribution in [2.24, 2.45) is 5.92 Å². The van der Waals surface area contributed by atoms with Crippen LogP contribution in [-0.2, 0) is 14.4 Å². The van der Waals surface area contributed by atoms with Gasteiger partial charge in [-0.05, 0) is 13.3 Å². The standard InChI is InChI=1S/C9H14N2O4/c1-5(9(14)15)8(13)10-4-6-2-3-7(12)11-6/h5-6H,2-4H2,1H3,(H,10,13)(H,11,12)(H,14,15). The largest absolute Gasteiger partial charge is 0.481 e. The van der Waals surface area contributed by atoms with Gasteiger partial charge in [-0.3, -0.25) is 14.4 Å². The van der Waals surface area contributed by atoms with Crippen LogP contribution in [0.1, 0.15) is 19.8 Å². The molecule has 0 spiro atoms. The van der Waals surface area contributed by atoms with E-state index in [1.165, 1.54) is 6.92 Å². The summed E-state index contributed by atoms with van der Waals surface area (Å²) in [7, 11) is 0. The van der Waals surface area contributed by atoms with E-state index in [9.17, 15) is 14.4 Å². The number of carboxylic acids is 1. The summed E-state index contributed by atoms with van der Waals surface area (Å²) in [6.45, 7) is 1.62. The van der Waals surface area contributed by atoms with E-state index in [0.717, 1.165) is 0 Å². The van der Waals surface area contributed by atoms with Gasteiger partial charge in [-0.2, -0.15) is 0 Å². The van der Waals surface area contributed by atoms with Gasteiger partial charge < -0.3 is 15.7 Å². The molecule has 1 aliphatic heterocycles. The number of hydrogen-bond donors (Lipinski definition) is 3. The minimum atomic E-state index is -1.15. The van der Waals surface area contributed by atoms with E-state index in [-0.39, 0.29) is 11.9 Å². The van der Waals surface area contributed by atoms with E-state index in [0.29, 0.717) is 19.4 Å². The maximum atomic E-state index is 11.2. The van der Waals surface area contributed by atoms with Crippen LogP contribution in [0.3, 0.4) is 0 Å². The molecule has 84 valence electrons. The Hall–Kier alpha value is -1.59. The van der Waals surface area contributed by atoms with E-state index in [1.807, 2.05) is 0 Å². The number of nitrogens with one attached hydrogen (secondary N) is 2. The van der Waals surface area contributed by atoms with Crippen LogP contribution in [0, 0.1) is 5.92 Å². The Bertz CT molecular complexity index is 290. The Kier molecular flexibility index (Phi) is 3.65. The molecular weight excluding hydrogens is 200 g/mol. The molecule has 3 N–H and O–H groups in total. The lowest BCUT2D eigenvalue weighted by molar-refractivity contribution is -0.146. The molecule has 0 aromatic heterocycles. The fourth-order valence-electron chi connectivity index (χ4n) is 1.32. The lowest BCUT2D eigenvalue weighted by Crippen LogP contribution is -2.41. The van der Waals surface area contributed by atoms with Crippen molar-refractivity contribution in [1.29, 1.82) is 0 Å². The summed E-state index contributed by atoms with van der Waals surface area (Å²) >= 11 is 0. The van der Waals surface area contributed by atoms with Crippen LogP contribution in [-0.4, -0.2) is 35.5 Å². The maximum absolute atomic E-state index is 11.2. The zero-order chi connectivity index (χ0) is 11.4. The van der Waals surface area contributed by atoms with Gasteiger partial charge in [0.2, 0.25) is 11.8 Å². The molecule has 0 bridgehead atoms. The van der Waals surface area contributed by atoms with Crippen LogP contribution in [0.25, 0.3) is 0 Å². The maximum Gasteiger partial charge on any atom is 0.315 e. The second-order valence-electron chi connectivity index (χ2n) is 3.61. The predicted molar refractivity (Wildman–Crippen MR) is 51.0 cm³/mol. The first-order valence-corrected chi connectivity index (χ1v) is 4.80. The van der Waals surface area contributed by atoms with Crippen molar-refractivity contribution >= 4 is 17.8 Å². The number of rotatable bonds is 4. The third-order valence-corrected chi connectivity index (χ3v) is 2.37. The second-order valence-corrected chi connectivity index (χ2v) is 3.61. The van der Waals surface area contributed by atoms with Crippen molar-refractivity contribution in [2.45, 2.75) is 25.8 Å². The molecule has 0 saturated carbocycles. The van der Waals surface area contributed by atoms with Crippen LogP contribution in [0.15, 0.2) is 0 Å². The molecule has 2 unspecified atom stereocenters. The molecule has 2 amide bonds. The van der Waals surface area contributed by atoms with Gasteiger partial charge >= 0.3 is 5.97 Å². The molecule has 1 fully saturated rings. The van der Waals surface area contributed by atoms with Crippen molar-refractivity contribution < 1.29 is 19.5 Å². The summed E-state index contributed by atoms with van der Waals surface area (Å²) in [5, 5.41) is 13.7. The molecule has 0 aromatic carbocycles. The third kappa shape index (κ3) is 3.23. The van der Waals surface area contributed by atoms with Crippen LogP contribution in [0.5, 0.6) is 0 Å². The third-order valence-electron chi connectivity index (χ3n) is 2.37. The normalized spacial score (nSPS) is 21.9. The van der Waals surface area contributed by atoms with E-state index in [2.05, 4.69) is 10.6 Å². The van der Waals surface area contributed by atoms with Crippen LogP contribution in [0.2, 0.25) is 0 Å². The number of amides is 2. The van der Waals surface area contributed by atoms with E-state index < -0.39 is 17.8 Å². The van der Waals surface area contributed by atoms with Gasteiger partial charge in [0, 0.05) is 19.0 Å². The predicted octanol–water partition coefficient (Wildman–Crippen LogP) is -0.898. The van der Waals surface area contributed by atoms with Crippen molar-refractivity contribution in [3.63, 3.8) is 0 Å². The zero-order valence-corrected chi connectivity index (χ0v) is 8.45. The molecule has 1 rings (SSSR count). The first kappa shape index (κ1) is 11.5. The van der Waals surface area contributed by atoms with Gasteiger partial charge in [-0.25, -0.2) is 0 Å². The summed E-state index contributed by atoms with van der Waals surface area (Å²) in [5.41, 5.74) is 0. The average molecular weight is 214 g/mol. The highest BCUT2D eigenvalue weighted by Gasteiger charge is 2.24. The Labute approximate surface area is 87.0 Å². The first-order chi connectivity index (χ1) is 7.00. The molecule has 1 aliphatic rings. The number of carbonyl (C=O) groups excluding carboxylic acids is 2. The number of aliphatic carboxylic acids is 1. The second kappa shape index (κ2) is 4.77. The molecule has 1 heterocycles. The fourth-order valence-corrected chi connectivity index (χ4v) is 1.32. The number of hydrogen-bond acceptors (Lipinski definition) is 3. The minimum absolute atomic E-state index is 0.0273. The smallest absolute Gasteiger partial charge is 0.315 e. The number of carboxylic acid groups (broad SMARTS) is 1. The van der Waals surface area contributed by atoms with Crippen molar-refractivity contribution in [2.75, 3.05) is 6.54 Å². The summed E-state index contributed by atoms with van der Waals surface area (Å²) in [4.78, 5) is 32.5. The van der Waals surface area contributed by atoms with Crippen LogP contribution < -0.4 is 10.6 Å². The van der Waals surface area contributed by atoms with E-state index in [4.69, 9.17) is 5.11 Å². The zero-order valence-electron chi connectivity index (χ0n) is 8.45. The van der Waals surface area contributed by atoms with Crippen LogP contribution >= 0.6 is 0 Å². The SMILES string of the molecule is CC(C(=O)O)C(=O)NCC1CCC(=O)N1. The molecule has 6 nitrogen and oxygen atoms in total. The highest BCUT2D eigenvalue weighted by atomic mass is 16.4. The lowest BCUT2D eigenvalue weighted by Gasteiger charge is -2.12. The Morgan fingerprint density at radius 3 is 2.80 bits per heavy atom. The Balaban J connectivity index is 2.28. The average Bonchev–Trinajstić information content (AvgIpc) is 2.59. The van der Waals surface area contributed by atoms with Crippen molar-refractivity contribution in [3.8, 4) is 0 Å². The van der Waals surface area contributed by atoms with E-state index in [1.54, 1.807) is 0 Å². The van der Waals surface area contributed by atoms with Crippen LogP contribution in [0.4, 0.5) is 0 Å². The Morgan fingerprint density at radius 2 is 2.33 bits per heavy atom. The first-order valence-electron chi connectivity index (χ1n) is 4.80. The van der Waals surface area contributed by atoms with Crippen molar-refractivity contribution in [1.82, 2.24) is 10.6 Å². The van der Waals surface area contributed by atoms with E-state index >= 15 is 0 Å².